The number of benzene rings is 1. The molecule has 3 aliphatic heterocycles. The maximum absolute atomic E-state index is 15.2. The molecular weight excluding hydrogens is 498 g/mol. The maximum Gasteiger partial charge on any atom is 0.497 e. The second kappa shape index (κ2) is 9.68. The van der Waals surface area contributed by atoms with Crippen molar-refractivity contribution in [2.45, 2.75) is 76.4 Å². The van der Waals surface area contributed by atoms with Crippen molar-refractivity contribution in [1.29, 1.82) is 0 Å². The topological polar surface area (TPSA) is 80.8 Å². The molecule has 3 saturated heterocycles. The minimum absolute atomic E-state index is 0.0159. The van der Waals surface area contributed by atoms with Crippen LogP contribution in [0.4, 0.5) is 18.9 Å². The summed E-state index contributed by atoms with van der Waals surface area (Å²) in [5.41, 5.74) is -0.462. The van der Waals surface area contributed by atoms with E-state index < -0.39 is 47.6 Å². The van der Waals surface area contributed by atoms with E-state index in [1.807, 2.05) is 27.7 Å². The highest BCUT2D eigenvalue weighted by molar-refractivity contribution is 6.62. The molecule has 3 fully saturated rings. The van der Waals surface area contributed by atoms with Crippen LogP contribution in [0.2, 0.25) is 0 Å². The molecule has 0 spiro atoms. The monoisotopic (exact) mass is 529 g/mol. The van der Waals surface area contributed by atoms with Gasteiger partial charge in [0.2, 0.25) is 11.8 Å². The normalized spacial score (nSPS) is 23.6. The van der Waals surface area contributed by atoms with Crippen LogP contribution >= 0.6 is 0 Å². The van der Waals surface area contributed by atoms with Crippen molar-refractivity contribution in [2.24, 2.45) is 0 Å². The van der Waals surface area contributed by atoms with Gasteiger partial charge in [0.15, 0.2) is 11.6 Å². The highest BCUT2D eigenvalue weighted by atomic mass is 19.2. The molecule has 1 atom stereocenters. The van der Waals surface area contributed by atoms with Gasteiger partial charge >= 0.3 is 7.12 Å². The first-order valence-electron chi connectivity index (χ1n) is 13.0. The minimum Gasteiger partial charge on any atom is -0.399 e. The first-order valence-corrected chi connectivity index (χ1v) is 13.0. The Morgan fingerprint density at radius 3 is 2.26 bits per heavy atom. The molecule has 0 bridgehead atoms. The highest BCUT2D eigenvalue weighted by Gasteiger charge is 2.52. The third-order valence-corrected chi connectivity index (χ3v) is 8.35. The van der Waals surface area contributed by atoms with E-state index in [9.17, 15) is 9.59 Å². The number of carbonyl (C=O) groups excluding carboxylic acids is 2. The van der Waals surface area contributed by atoms with Crippen LogP contribution in [0.15, 0.2) is 24.4 Å². The van der Waals surface area contributed by atoms with E-state index in [4.69, 9.17) is 9.31 Å². The number of rotatable bonds is 4. The van der Waals surface area contributed by atoms with Crippen molar-refractivity contribution >= 4 is 30.1 Å². The Hall–Kier alpha value is -2.92. The molecule has 2 aromatic rings. The van der Waals surface area contributed by atoms with E-state index in [0.717, 1.165) is 0 Å². The lowest BCUT2D eigenvalue weighted by Crippen LogP contribution is -2.41. The summed E-state index contributed by atoms with van der Waals surface area (Å²) in [6.45, 7) is 8.18. The Labute approximate surface area is 220 Å². The number of nitrogens with one attached hydrogen (secondary N) is 1. The number of hydrogen-bond acceptors (Lipinski definition) is 6. The number of imide groups is 1. The van der Waals surface area contributed by atoms with Gasteiger partial charge in [0.25, 0.3) is 0 Å². The zero-order valence-electron chi connectivity index (χ0n) is 21.9. The highest BCUT2D eigenvalue weighted by Crippen LogP contribution is 2.38. The first kappa shape index (κ1) is 26.7. The quantitative estimate of drug-likeness (QED) is 0.481. The molecule has 5 rings (SSSR count). The summed E-state index contributed by atoms with van der Waals surface area (Å²) in [5.74, 6) is -4.05. The van der Waals surface area contributed by atoms with Crippen molar-refractivity contribution in [3.63, 3.8) is 0 Å². The summed E-state index contributed by atoms with van der Waals surface area (Å²) in [7, 11) is -1.01. The van der Waals surface area contributed by atoms with Crippen molar-refractivity contribution in [1.82, 2.24) is 10.3 Å². The lowest BCUT2D eigenvalue weighted by atomic mass is 9.78. The van der Waals surface area contributed by atoms with Crippen LogP contribution in [0.1, 0.15) is 76.5 Å². The average Bonchev–Trinajstić information content (AvgIpc) is 3.07. The molecule has 202 valence electrons. The van der Waals surface area contributed by atoms with E-state index in [1.165, 1.54) is 24.4 Å². The molecule has 1 aromatic heterocycles. The molecule has 2 amide bonds. The summed E-state index contributed by atoms with van der Waals surface area (Å²) < 4.78 is 57.1. The number of anilines is 1. The molecular formula is C27H31BF3N3O4. The second-order valence-electron chi connectivity index (χ2n) is 11.3. The van der Waals surface area contributed by atoms with Gasteiger partial charge in [-0.05, 0) is 64.7 Å². The van der Waals surface area contributed by atoms with Crippen LogP contribution < -0.4 is 15.7 Å². The molecule has 1 N–H and O–H groups in total. The van der Waals surface area contributed by atoms with Crippen LogP contribution in [0.5, 0.6) is 0 Å². The Balaban J connectivity index is 1.26. The van der Waals surface area contributed by atoms with Crippen molar-refractivity contribution in [2.75, 3.05) is 18.0 Å². The van der Waals surface area contributed by atoms with Gasteiger partial charge in [-0.3, -0.25) is 19.9 Å². The molecule has 1 unspecified atom stereocenters. The fourth-order valence-corrected chi connectivity index (χ4v) is 5.31. The largest absolute Gasteiger partial charge is 0.497 e. The van der Waals surface area contributed by atoms with Gasteiger partial charge in [-0.1, -0.05) is 6.07 Å². The van der Waals surface area contributed by atoms with Crippen LogP contribution in [0.25, 0.3) is 0 Å². The Kier molecular flexibility index (Phi) is 6.80. The van der Waals surface area contributed by atoms with E-state index >= 15 is 13.2 Å². The van der Waals surface area contributed by atoms with Gasteiger partial charge in [-0.15, -0.1) is 0 Å². The van der Waals surface area contributed by atoms with E-state index in [1.54, 1.807) is 4.90 Å². The predicted molar refractivity (Wildman–Crippen MR) is 136 cm³/mol. The van der Waals surface area contributed by atoms with Crippen molar-refractivity contribution in [3.05, 3.63) is 53.1 Å². The lowest BCUT2D eigenvalue weighted by molar-refractivity contribution is -0.134. The van der Waals surface area contributed by atoms with Crippen molar-refractivity contribution < 1.29 is 32.1 Å². The smallest absolute Gasteiger partial charge is 0.399 e. The average molecular weight is 529 g/mol. The number of carbonyl (C=O) groups is 2. The standard InChI is InChI=1S/C27H31BF3N3O4/c1-26(2)27(3,4)38-28(37-26)18-6-7-20(23(31)22(18)30)34-11-9-15(10-12-34)24-19(29)13-16(14-32-24)17-5-8-21(35)33-25(17)36/h6-7,13-15,17H,5,8-12H2,1-4H3,(H,33,35,36). The Bertz CT molecular complexity index is 1260. The van der Waals surface area contributed by atoms with Gasteiger partial charge in [0.05, 0.1) is 28.5 Å². The Morgan fingerprint density at radius 2 is 1.66 bits per heavy atom. The zero-order valence-corrected chi connectivity index (χ0v) is 21.9. The molecule has 4 heterocycles. The number of aromatic nitrogens is 1. The molecule has 1 aromatic carbocycles. The Morgan fingerprint density at radius 1 is 1.00 bits per heavy atom. The number of pyridine rings is 1. The van der Waals surface area contributed by atoms with Crippen LogP contribution in [0, 0.1) is 17.5 Å². The second-order valence-corrected chi connectivity index (χ2v) is 11.3. The first-order chi connectivity index (χ1) is 17.9. The fourth-order valence-electron chi connectivity index (χ4n) is 5.31. The zero-order chi connectivity index (χ0) is 27.4. The van der Waals surface area contributed by atoms with Gasteiger partial charge in [0.1, 0.15) is 5.82 Å². The predicted octanol–water partition coefficient (Wildman–Crippen LogP) is 3.70. The van der Waals surface area contributed by atoms with Gasteiger partial charge < -0.3 is 14.2 Å². The summed E-state index contributed by atoms with van der Waals surface area (Å²) >= 11 is 0. The summed E-state index contributed by atoms with van der Waals surface area (Å²) in [6, 6.07) is 4.35. The van der Waals surface area contributed by atoms with E-state index in [2.05, 4.69) is 10.3 Å². The maximum atomic E-state index is 15.2. The van der Waals surface area contributed by atoms with Gasteiger partial charge in [0, 0.05) is 37.1 Å². The van der Waals surface area contributed by atoms with Gasteiger partial charge in [-0.2, -0.15) is 0 Å². The fraction of sp³-hybridized carbons (Fsp3) is 0.519. The van der Waals surface area contributed by atoms with Gasteiger partial charge in [-0.25, -0.2) is 13.2 Å². The minimum atomic E-state index is -1.01. The number of piperidine rings is 2. The molecule has 38 heavy (non-hydrogen) atoms. The van der Waals surface area contributed by atoms with Crippen LogP contribution in [-0.2, 0) is 18.9 Å². The van der Waals surface area contributed by atoms with E-state index in [-0.39, 0.29) is 29.4 Å². The SMILES string of the molecule is CC1(C)OB(c2ccc(N3CCC(c4ncc(C5CCC(=O)NC5=O)cc4F)CC3)c(F)c2F)OC1(C)C. The van der Waals surface area contributed by atoms with Crippen LogP contribution in [-0.4, -0.2) is 48.2 Å². The summed E-state index contributed by atoms with van der Waals surface area (Å²) in [6.07, 6.45) is 3.02. The number of nitrogens with zero attached hydrogens (tertiary/aromatic N) is 2. The summed E-state index contributed by atoms with van der Waals surface area (Å²) in [4.78, 5) is 29.6. The van der Waals surface area contributed by atoms with E-state index in [0.29, 0.717) is 43.6 Å². The molecule has 11 heteroatoms. The molecule has 0 aliphatic carbocycles. The molecule has 0 saturated carbocycles. The molecule has 0 radical (unpaired) electrons. The summed E-state index contributed by atoms with van der Waals surface area (Å²) in [5, 5.41) is 2.28. The lowest BCUT2D eigenvalue weighted by Gasteiger charge is -2.34. The third kappa shape index (κ3) is 4.70. The number of hydrogen-bond donors (Lipinski definition) is 1. The number of amides is 2. The third-order valence-electron chi connectivity index (χ3n) is 8.35. The van der Waals surface area contributed by atoms with Crippen molar-refractivity contribution in [3.8, 4) is 0 Å². The molecule has 7 nitrogen and oxygen atoms in total. The molecule has 3 aliphatic rings. The number of halogens is 3. The van der Waals surface area contributed by atoms with Crippen LogP contribution in [0.3, 0.4) is 0 Å².